The van der Waals surface area contributed by atoms with Gasteiger partial charge in [0.1, 0.15) is 23.8 Å². The van der Waals surface area contributed by atoms with Gasteiger partial charge in [0, 0.05) is 61.8 Å². The third kappa shape index (κ3) is 5.52. The standard InChI is InChI=1S/C32H31F3N4O5/c33-32(34,35)24-15-38(13-18-1-5-25-19(11-18)2-6-26(36-25)20-9-10-43-17-20)16-28(24)44-22-3-4-23-21(12-22)14-39(31(23)42)27-7-8-29(40)37-30(27)41/h1-6,11-12,20,24,27-28H,7-10,13-17H2,(H,37,40,41)/t20-,24?,27?,28?/m1/s1. The molecular weight excluding hydrogens is 577 g/mol. The van der Waals surface area contributed by atoms with E-state index in [0.717, 1.165) is 35.2 Å². The van der Waals surface area contributed by atoms with Crippen LogP contribution in [0, 0.1) is 5.92 Å². The number of nitrogens with zero attached hydrogens (tertiary/aromatic N) is 3. The Balaban J connectivity index is 1.04. The zero-order valence-corrected chi connectivity index (χ0v) is 23.8. The van der Waals surface area contributed by atoms with Crippen molar-refractivity contribution in [1.29, 1.82) is 0 Å². The first-order chi connectivity index (χ1) is 21.1. The molecule has 9 nitrogen and oxygen atoms in total. The van der Waals surface area contributed by atoms with Crippen molar-refractivity contribution in [3.05, 3.63) is 70.9 Å². The molecule has 1 aromatic heterocycles. The molecular formula is C32H31F3N4O5. The van der Waals surface area contributed by atoms with Crippen LogP contribution in [0.3, 0.4) is 0 Å². The van der Waals surface area contributed by atoms with Crippen LogP contribution in [-0.2, 0) is 27.4 Å². The summed E-state index contributed by atoms with van der Waals surface area (Å²) < 4.78 is 53.9. The van der Waals surface area contributed by atoms with E-state index >= 15 is 0 Å². The number of benzene rings is 2. The first-order valence-corrected chi connectivity index (χ1v) is 14.8. The fourth-order valence-electron chi connectivity index (χ4n) is 6.76. The Kier molecular flexibility index (Phi) is 7.28. The molecule has 4 aliphatic heterocycles. The highest BCUT2D eigenvalue weighted by Crippen LogP contribution is 2.38. The van der Waals surface area contributed by atoms with E-state index in [4.69, 9.17) is 14.5 Å². The van der Waals surface area contributed by atoms with Crippen LogP contribution in [0.1, 0.15) is 52.4 Å². The van der Waals surface area contributed by atoms with Crippen LogP contribution in [0.2, 0.25) is 0 Å². The molecule has 44 heavy (non-hydrogen) atoms. The van der Waals surface area contributed by atoms with Crippen molar-refractivity contribution in [1.82, 2.24) is 20.1 Å². The second kappa shape index (κ2) is 11.2. The van der Waals surface area contributed by atoms with E-state index in [9.17, 15) is 27.6 Å². The normalized spacial score (nSPS) is 26.0. The summed E-state index contributed by atoms with van der Waals surface area (Å²) in [6, 6.07) is 13.6. The van der Waals surface area contributed by atoms with Crippen LogP contribution in [0.25, 0.3) is 10.9 Å². The molecule has 3 unspecified atom stereocenters. The van der Waals surface area contributed by atoms with Gasteiger partial charge in [-0.15, -0.1) is 0 Å². The van der Waals surface area contributed by atoms with Gasteiger partial charge in [-0.05, 0) is 60.4 Å². The summed E-state index contributed by atoms with van der Waals surface area (Å²) in [5, 5.41) is 3.19. The van der Waals surface area contributed by atoms with Gasteiger partial charge in [0.2, 0.25) is 11.8 Å². The van der Waals surface area contributed by atoms with E-state index < -0.39 is 30.1 Å². The molecule has 0 radical (unpaired) electrons. The fraction of sp³-hybridized carbons (Fsp3) is 0.438. The number of fused-ring (bicyclic) bond motifs is 2. The minimum atomic E-state index is -4.46. The first kappa shape index (κ1) is 28.7. The molecule has 3 saturated heterocycles. The summed E-state index contributed by atoms with van der Waals surface area (Å²) in [5.41, 5.74) is 3.68. The molecule has 230 valence electrons. The minimum absolute atomic E-state index is 0.0828. The van der Waals surface area contributed by atoms with Crippen molar-refractivity contribution in [3.63, 3.8) is 0 Å². The molecule has 3 aromatic rings. The number of carbonyl (C=O) groups excluding carboxylic acids is 3. The van der Waals surface area contributed by atoms with Gasteiger partial charge < -0.3 is 14.4 Å². The molecule has 7 rings (SSSR count). The molecule has 12 heteroatoms. The van der Waals surface area contributed by atoms with E-state index in [1.807, 2.05) is 30.3 Å². The quantitative estimate of drug-likeness (QED) is 0.423. The topological polar surface area (TPSA) is 101 Å². The van der Waals surface area contributed by atoms with Gasteiger partial charge in [-0.25, -0.2) is 0 Å². The molecule has 0 aliphatic carbocycles. The first-order valence-electron chi connectivity index (χ1n) is 14.8. The van der Waals surface area contributed by atoms with Gasteiger partial charge in [0.15, 0.2) is 0 Å². The predicted molar refractivity (Wildman–Crippen MR) is 152 cm³/mol. The number of aromatic nitrogens is 1. The summed E-state index contributed by atoms with van der Waals surface area (Å²) in [4.78, 5) is 44.8. The maximum atomic E-state index is 14.2. The zero-order chi connectivity index (χ0) is 30.6. The number of halogens is 3. The Hall–Kier alpha value is -4.03. The van der Waals surface area contributed by atoms with Gasteiger partial charge in [0.05, 0.1) is 12.1 Å². The maximum Gasteiger partial charge on any atom is 0.396 e. The second-order valence-corrected chi connectivity index (χ2v) is 12.0. The number of rotatable bonds is 6. The highest BCUT2D eigenvalue weighted by molar-refractivity contribution is 6.05. The van der Waals surface area contributed by atoms with Crippen LogP contribution in [-0.4, -0.2) is 77.1 Å². The van der Waals surface area contributed by atoms with Gasteiger partial charge in [-0.3, -0.25) is 29.6 Å². The van der Waals surface area contributed by atoms with Gasteiger partial charge in [-0.1, -0.05) is 12.1 Å². The Morgan fingerprint density at radius 1 is 1.02 bits per heavy atom. The number of hydrogen-bond acceptors (Lipinski definition) is 7. The van der Waals surface area contributed by atoms with E-state index in [1.54, 1.807) is 11.0 Å². The lowest BCUT2D eigenvalue weighted by Crippen LogP contribution is -2.52. The number of alkyl halides is 3. The largest absolute Gasteiger partial charge is 0.488 e. The number of carbonyl (C=O) groups is 3. The molecule has 4 aliphatic rings. The Morgan fingerprint density at radius 2 is 1.89 bits per heavy atom. The molecule has 4 atom stereocenters. The monoisotopic (exact) mass is 608 g/mol. The van der Waals surface area contributed by atoms with Crippen molar-refractivity contribution < 1.29 is 37.0 Å². The zero-order valence-electron chi connectivity index (χ0n) is 23.8. The van der Waals surface area contributed by atoms with E-state index in [-0.39, 0.29) is 56.0 Å². The number of hydrogen-bond donors (Lipinski definition) is 1. The second-order valence-electron chi connectivity index (χ2n) is 12.0. The molecule has 1 N–H and O–H groups in total. The number of pyridine rings is 1. The van der Waals surface area contributed by atoms with Crippen molar-refractivity contribution >= 4 is 28.6 Å². The smallest absolute Gasteiger partial charge is 0.396 e. The lowest BCUT2D eigenvalue weighted by molar-refractivity contribution is -0.186. The van der Waals surface area contributed by atoms with Crippen molar-refractivity contribution in [2.24, 2.45) is 5.92 Å². The SMILES string of the molecule is O=C1CCC(N2Cc3cc(OC4CN(Cc5ccc6nc([C@@H]7CCOC7)ccc6c5)CC4C(F)(F)F)ccc3C2=O)C(=O)N1. The summed E-state index contributed by atoms with van der Waals surface area (Å²) in [6.45, 7) is 1.74. The highest BCUT2D eigenvalue weighted by atomic mass is 19.4. The number of ether oxygens (including phenoxy) is 2. The summed E-state index contributed by atoms with van der Waals surface area (Å²) in [7, 11) is 0. The predicted octanol–water partition coefficient (Wildman–Crippen LogP) is 3.94. The minimum Gasteiger partial charge on any atom is -0.488 e. The van der Waals surface area contributed by atoms with Crippen LogP contribution < -0.4 is 10.1 Å². The highest BCUT2D eigenvalue weighted by Gasteiger charge is 2.51. The summed E-state index contributed by atoms with van der Waals surface area (Å²) in [6.07, 6.45) is -4.28. The molecule has 3 amide bonds. The van der Waals surface area contributed by atoms with Crippen LogP contribution in [0.5, 0.6) is 5.75 Å². The van der Waals surface area contributed by atoms with E-state index in [1.165, 1.54) is 17.0 Å². The average molecular weight is 609 g/mol. The van der Waals surface area contributed by atoms with E-state index in [2.05, 4.69) is 5.32 Å². The number of imide groups is 1. The number of nitrogens with one attached hydrogen (secondary N) is 1. The molecule has 2 aromatic carbocycles. The Labute approximate surface area is 251 Å². The lowest BCUT2D eigenvalue weighted by Gasteiger charge is -2.29. The van der Waals surface area contributed by atoms with Crippen molar-refractivity contribution in [3.8, 4) is 5.75 Å². The third-order valence-electron chi connectivity index (χ3n) is 9.07. The molecule has 5 heterocycles. The lowest BCUT2D eigenvalue weighted by atomic mass is 10.0. The molecule has 0 bridgehead atoms. The number of amides is 3. The third-order valence-corrected chi connectivity index (χ3v) is 9.07. The Morgan fingerprint density at radius 3 is 2.66 bits per heavy atom. The van der Waals surface area contributed by atoms with Crippen molar-refractivity contribution in [2.45, 2.75) is 56.6 Å². The number of likely N-dealkylation sites (tertiary alicyclic amines) is 1. The van der Waals surface area contributed by atoms with Gasteiger partial charge >= 0.3 is 6.18 Å². The van der Waals surface area contributed by atoms with Gasteiger partial charge in [0.25, 0.3) is 5.91 Å². The molecule has 0 spiro atoms. The Bertz CT molecular complexity index is 1640. The average Bonchev–Trinajstić information content (AvgIpc) is 3.73. The van der Waals surface area contributed by atoms with Crippen LogP contribution >= 0.6 is 0 Å². The van der Waals surface area contributed by atoms with Crippen molar-refractivity contribution in [2.75, 3.05) is 26.3 Å². The van der Waals surface area contributed by atoms with E-state index in [0.29, 0.717) is 24.3 Å². The molecule has 0 saturated carbocycles. The molecule has 3 fully saturated rings. The van der Waals surface area contributed by atoms with Crippen LogP contribution in [0.4, 0.5) is 13.2 Å². The van der Waals surface area contributed by atoms with Crippen LogP contribution in [0.15, 0.2) is 48.5 Å². The number of piperidine rings is 1. The maximum absolute atomic E-state index is 14.2. The summed E-state index contributed by atoms with van der Waals surface area (Å²) in [5.74, 6) is -2.41. The summed E-state index contributed by atoms with van der Waals surface area (Å²) >= 11 is 0. The van der Waals surface area contributed by atoms with Gasteiger partial charge in [-0.2, -0.15) is 13.2 Å². The fourth-order valence-corrected chi connectivity index (χ4v) is 6.76.